The quantitative estimate of drug-likeness (QED) is 0.529. The molecule has 0 unspecified atom stereocenters. The summed E-state index contributed by atoms with van der Waals surface area (Å²) in [7, 11) is 1.53. The first-order chi connectivity index (χ1) is 19.0. The van der Waals surface area contributed by atoms with E-state index in [1.54, 1.807) is 23.1 Å². The van der Waals surface area contributed by atoms with Crippen molar-refractivity contribution >= 4 is 17.7 Å². The fraction of sp³-hybridized carbons (Fsp3) is 0.300. The third-order valence-corrected chi connectivity index (χ3v) is 6.85. The van der Waals surface area contributed by atoms with Gasteiger partial charge in [-0.15, -0.1) is 0 Å². The number of nitrogens with zero attached hydrogens (tertiary/aromatic N) is 1. The molecule has 39 heavy (non-hydrogen) atoms. The molecule has 9 nitrogen and oxygen atoms in total. The molecule has 5 heterocycles. The van der Waals surface area contributed by atoms with Crippen molar-refractivity contribution in [3.05, 3.63) is 89.5 Å². The van der Waals surface area contributed by atoms with Crippen molar-refractivity contribution in [3.63, 3.8) is 0 Å². The van der Waals surface area contributed by atoms with Crippen molar-refractivity contribution < 1.29 is 28.6 Å². The summed E-state index contributed by atoms with van der Waals surface area (Å²) in [6.45, 7) is 0.865. The van der Waals surface area contributed by atoms with Crippen molar-refractivity contribution in [1.82, 2.24) is 15.5 Å². The molecule has 3 amide bonds. The molecule has 0 spiro atoms. The monoisotopic (exact) mass is 529 g/mol. The van der Waals surface area contributed by atoms with E-state index in [1.165, 1.54) is 7.11 Å². The molecule has 9 heteroatoms. The zero-order valence-corrected chi connectivity index (χ0v) is 21.7. The summed E-state index contributed by atoms with van der Waals surface area (Å²) in [6, 6.07) is 21.5. The van der Waals surface area contributed by atoms with Gasteiger partial charge >= 0.3 is 0 Å². The van der Waals surface area contributed by atoms with E-state index in [2.05, 4.69) is 10.6 Å². The van der Waals surface area contributed by atoms with Crippen molar-refractivity contribution in [2.45, 2.75) is 31.5 Å². The predicted molar refractivity (Wildman–Crippen MR) is 144 cm³/mol. The summed E-state index contributed by atoms with van der Waals surface area (Å²) < 4.78 is 17.4. The van der Waals surface area contributed by atoms with Crippen molar-refractivity contribution in [2.24, 2.45) is 0 Å². The molecule has 5 aliphatic rings. The Morgan fingerprint density at radius 3 is 2.46 bits per heavy atom. The third-order valence-electron chi connectivity index (χ3n) is 6.85. The van der Waals surface area contributed by atoms with Gasteiger partial charge in [-0.1, -0.05) is 36.4 Å². The number of hydrogen-bond acceptors (Lipinski definition) is 6. The topological polar surface area (TPSA) is 106 Å². The Morgan fingerprint density at radius 2 is 1.69 bits per heavy atom. The van der Waals surface area contributed by atoms with Gasteiger partial charge in [0.25, 0.3) is 11.8 Å². The molecule has 202 valence electrons. The average Bonchev–Trinajstić information content (AvgIpc) is 3.35. The lowest BCUT2D eigenvalue weighted by molar-refractivity contribution is -0.123. The molecule has 0 aromatic heterocycles. The molecule has 4 bridgehead atoms. The first-order valence-electron chi connectivity index (χ1n) is 12.9. The highest BCUT2D eigenvalue weighted by Gasteiger charge is 2.38. The summed E-state index contributed by atoms with van der Waals surface area (Å²) >= 11 is 0. The number of methoxy groups -OCH3 is 1. The largest absolute Gasteiger partial charge is 0.493 e. The van der Waals surface area contributed by atoms with Gasteiger partial charge in [0, 0.05) is 25.1 Å². The minimum Gasteiger partial charge on any atom is -0.493 e. The van der Waals surface area contributed by atoms with Gasteiger partial charge in [-0.05, 0) is 53.9 Å². The van der Waals surface area contributed by atoms with E-state index in [4.69, 9.17) is 14.2 Å². The maximum atomic E-state index is 13.2. The second-order valence-corrected chi connectivity index (χ2v) is 9.60. The van der Waals surface area contributed by atoms with Crippen LogP contribution in [-0.2, 0) is 22.6 Å². The van der Waals surface area contributed by atoms with Crippen LogP contribution in [0.1, 0.15) is 27.9 Å². The summed E-state index contributed by atoms with van der Waals surface area (Å²) in [4.78, 5) is 40.2. The molecule has 2 N–H and O–H groups in total. The van der Waals surface area contributed by atoms with Crippen LogP contribution in [0.3, 0.4) is 0 Å². The number of nitrogens with one attached hydrogen (secondary N) is 2. The zero-order valence-electron chi connectivity index (χ0n) is 21.7. The molecule has 5 aliphatic heterocycles. The molecule has 0 saturated carbocycles. The third kappa shape index (κ3) is 6.49. The van der Waals surface area contributed by atoms with E-state index in [1.807, 2.05) is 54.6 Å². The Labute approximate surface area is 227 Å². The van der Waals surface area contributed by atoms with Gasteiger partial charge in [0.2, 0.25) is 5.91 Å². The maximum absolute atomic E-state index is 13.2. The number of amides is 3. The standard InChI is InChI=1S/C30H31N3O6/c1-37-26-15-20-9-13-25(26)38-19-29(35)31-16-21-7-11-23(12-8-21)39-27-18-33(17-24(27)32-28(34)14-10-20)30(36)22-5-3-2-4-6-22/h2-9,11-13,15,24,27H,10,14,16-19H2,1H3,(H,31,35)(H,32,34)/t24-,27-/m0/s1. The van der Waals surface area contributed by atoms with Crippen LogP contribution in [-0.4, -0.2) is 61.6 Å². The second-order valence-electron chi connectivity index (χ2n) is 9.60. The van der Waals surface area contributed by atoms with E-state index < -0.39 is 6.10 Å². The lowest BCUT2D eigenvalue weighted by Gasteiger charge is -2.21. The molecule has 0 aliphatic carbocycles. The maximum Gasteiger partial charge on any atom is 0.258 e. The first-order valence-corrected chi connectivity index (χ1v) is 12.9. The molecule has 2 atom stereocenters. The van der Waals surface area contributed by atoms with Crippen LogP contribution in [0.15, 0.2) is 72.8 Å². The van der Waals surface area contributed by atoms with Crippen LogP contribution in [0.4, 0.5) is 0 Å². The van der Waals surface area contributed by atoms with Crippen LogP contribution in [0.5, 0.6) is 17.2 Å². The van der Waals surface area contributed by atoms with Gasteiger partial charge in [0.15, 0.2) is 18.1 Å². The molecule has 3 aromatic carbocycles. The SMILES string of the molecule is COc1cc2ccc1OCC(=O)NCc1ccc(cc1)O[C@H]1CN(C(=O)c3ccccc3)C[C@@H]1NC(=O)CC2. The minimum atomic E-state index is -0.422. The molecular formula is C30H31N3O6. The number of aryl methyl sites for hydroxylation is 1. The molecule has 3 aromatic rings. The van der Waals surface area contributed by atoms with Crippen molar-refractivity contribution in [3.8, 4) is 17.2 Å². The molecule has 1 fully saturated rings. The highest BCUT2D eigenvalue weighted by Crippen LogP contribution is 2.29. The predicted octanol–water partition coefficient (Wildman–Crippen LogP) is 2.72. The summed E-state index contributed by atoms with van der Waals surface area (Å²) in [6.07, 6.45) is 0.306. The highest BCUT2D eigenvalue weighted by atomic mass is 16.5. The number of carbonyl (C=O) groups excluding carboxylic acids is 3. The van der Waals surface area contributed by atoms with Gasteiger partial charge in [-0.3, -0.25) is 14.4 Å². The van der Waals surface area contributed by atoms with Gasteiger partial charge < -0.3 is 29.7 Å². The van der Waals surface area contributed by atoms with Crippen LogP contribution >= 0.6 is 0 Å². The van der Waals surface area contributed by atoms with Crippen molar-refractivity contribution in [2.75, 3.05) is 26.8 Å². The van der Waals surface area contributed by atoms with Gasteiger partial charge in [-0.25, -0.2) is 0 Å². The smallest absolute Gasteiger partial charge is 0.258 e. The van der Waals surface area contributed by atoms with Gasteiger partial charge in [-0.2, -0.15) is 0 Å². The van der Waals surface area contributed by atoms with E-state index >= 15 is 0 Å². The van der Waals surface area contributed by atoms with Crippen LogP contribution in [0.2, 0.25) is 0 Å². The molecule has 1 saturated heterocycles. The molecular weight excluding hydrogens is 498 g/mol. The lowest BCUT2D eigenvalue weighted by atomic mass is 10.1. The van der Waals surface area contributed by atoms with Crippen LogP contribution in [0, 0.1) is 0 Å². The van der Waals surface area contributed by atoms with Crippen LogP contribution < -0.4 is 24.8 Å². The lowest BCUT2D eigenvalue weighted by Crippen LogP contribution is -2.45. The fourth-order valence-electron chi connectivity index (χ4n) is 4.74. The van der Waals surface area contributed by atoms with Crippen LogP contribution in [0.25, 0.3) is 0 Å². The average molecular weight is 530 g/mol. The minimum absolute atomic E-state index is 0.105. The Balaban J connectivity index is 1.37. The Bertz CT molecular complexity index is 1330. The number of benzene rings is 3. The van der Waals surface area contributed by atoms with Crippen molar-refractivity contribution in [1.29, 1.82) is 0 Å². The Morgan fingerprint density at radius 1 is 0.923 bits per heavy atom. The Hall–Kier alpha value is -4.53. The number of likely N-dealkylation sites (tertiary alicyclic amines) is 1. The summed E-state index contributed by atoms with van der Waals surface area (Å²) in [5, 5.41) is 5.94. The first kappa shape index (κ1) is 26.1. The van der Waals surface area contributed by atoms with Gasteiger partial charge in [0.05, 0.1) is 19.7 Å². The molecule has 0 radical (unpaired) electrons. The van der Waals surface area contributed by atoms with E-state index in [-0.39, 0.29) is 36.8 Å². The van der Waals surface area contributed by atoms with E-state index in [0.717, 1.165) is 11.1 Å². The Kier molecular flexibility index (Phi) is 7.96. The normalized spacial score (nSPS) is 19.8. The summed E-state index contributed by atoms with van der Waals surface area (Å²) in [5.74, 6) is 1.06. The molecule has 8 rings (SSSR count). The number of carbonyl (C=O) groups is 3. The second kappa shape index (κ2) is 11.9. The highest BCUT2D eigenvalue weighted by molar-refractivity contribution is 5.94. The fourth-order valence-corrected chi connectivity index (χ4v) is 4.74. The zero-order chi connectivity index (χ0) is 27.2. The van der Waals surface area contributed by atoms with Gasteiger partial charge in [0.1, 0.15) is 11.9 Å². The number of ether oxygens (including phenoxy) is 3. The summed E-state index contributed by atoms with van der Waals surface area (Å²) in [5.41, 5.74) is 2.38. The number of rotatable bonds is 2. The van der Waals surface area contributed by atoms with E-state index in [9.17, 15) is 14.4 Å². The number of hydrogen-bond donors (Lipinski definition) is 2. The van der Waals surface area contributed by atoms with E-state index in [0.29, 0.717) is 48.9 Å².